The van der Waals surface area contributed by atoms with Crippen molar-refractivity contribution in [3.8, 4) is 0 Å². The molecule has 1 aromatic rings. The summed E-state index contributed by atoms with van der Waals surface area (Å²) >= 11 is 0. The number of amides is 2. The molecule has 1 fully saturated rings. The van der Waals surface area contributed by atoms with E-state index < -0.39 is 0 Å². The van der Waals surface area contributed by atoms with Crippen LogP contribution in [0.2, 0.25) is 0 Å². The lowest BCUT2D eigenvalue weighted by molar-refractivity contribution is -0.135. The van der Waals surface area contributed by atoms with E-state index in [-0.39, 0.29) is 30.3 Å². The normalized spacial score (nSPS) is 20.7. The molecule has 2 aliphatic rings. The van der Waals surface area contributed by atoms with E-state index in [0.717, 1.165) is 26.1 Å². The number of fused-ring (bicyclic) bond motifs is 1. The average molecular weight is 353 g/mol. The molecule has 0 radical (unpaired) electrons. The van der Waals surface area contributed by atoms with Gasteiger partial charge in [0.2, 0.25) is 11.8 Å². The summed E-state index contributed by atoms with van der Waals surface area (Å²) in [7, 11) is 1.65. The van der Waals surface area contributed by atoms with Crippen molar-refractivity contribution in [3.05, 3.63) is 35.4 Å². The Hall–Kier alpha value is -1.63. The van der Waals surface area contributed by atoms with Gasteiger partial charge >= 0.3 is 0 Å². The maximum atomic E-state index is 12.7. The van der Waals surface area contributed by atoms with Crippen LogP contribution in [0.5, 0.6) is 0 Å². The summed E-state index contributed by atoms with van der Waals surface area (Å²) in [5.41, 5.74) is 2.55. The molecule has 0 aliphatic carbocycles. The van der Waals surface area contributed by atoms with Crippen LogP contribution in [0.4, 0.5) is 0 Å². The average Bonchev–Trinajstić information content (AvgIpc) is 2.61. The fraction of sp³-hybridized carbons (Fsp3) is 0.529. The van der Waals surface area contributed by atoms with Crippen molar-refractivity contribution in [3.63, 3.8) is 0 Å². The lowest BCUT2D eigenvalue weighted by atomic mass is 9.95. The van der Waals surface area contributed by atoms with Crippen molar-refractivity contribution in [2.24, 2.45) is 0 Å². The molecule has 1 atom stereocenters. The van der Waals surface area contributed by atoms with Crippen LogP contribution in [0.1, 0.15) is 11.1 Å². The monoisotopic (exact) mass is 352 g/mol. The number of hydrogen-bond donors (Lipinski definition) is 2. The number of halogens is 1. The molecule has 1 aromatic carbocycles. The van der Waals surface area contributed by atoms with Gasteiger partial charge in [0.15, 0.2) is 0 Å². The van der Waals surface area contributed by atoms with Gasteiger partial charge in [-0.1, -0.05) is 24.3 Å². The first-order valence-corrected chi connectivity index (χ1v) is 8.19. The topological polar surface area (TPSA) is 64.7 Å². The van der Waals surface area contributed by atoms with Gasteiger partial charge in [-0.15, -0.1) is 12.4 Å². The number of hydrogen-bond acceptors (Lipinski definition) is 4. The summed E-state index contributed by atoms with van der Waals surface area (Å²) in [6.07, 6.45) is 0.757. The Morgan fingerprint density at radius 1 is 1.17 bits per heavy atom. The van der Waals surface area contributed by atoms with Crippen LogP contribution >= 0.6 is 12.4 Å². The van der Waals surface area contributed by atoms with Crippen molar-refractivity contribution in [2.75, 3.05) is 39.8 Å². The highest BCUT2D eigenvalue weighted by atomic mass is 35.5. The first-order valence-electron chi connectivity index (χ1n) is 8.19. The SMILES string of the molecule is CNC(=O)CN1CCN(C(=O)C2Cc3ccccc3CN2)CC1.Cl. The van der Waals surface area contributed by atoms with Gasteiger partial charge in [-0.05, 0) is 17.5 Å². The minimum absolute atomic E-state index is 0. The number of nitrogens with zero attached hydrogens (tertiary/aromatic N) is 2. The van der Waals surface area contributed by atoms with E-state index in [1.807, 2.05) is 17.0 Å². The van der Waals surface area contributed by atoms with Crippen molar-refractivity contribution in [1.82, 2.24) is 20.4 Å². The largest absolute Gasteiger partial charge is 0.358 e. The second kappa shape index (κ2) is 8.46. The number of likely N-dealkylation sites (N-methyl/N-ethyl adjacent to an activating group) is 1. The van der Waals surface area contributed by atoms with Gasteiger partial charge in [0.1, 0.15) is 0 Å². The highest BCUT2D eigenvalue weighted by molar-refractivity contribution is 5.85. The maximum Gasteiger partial charge on any atom is 0.240 e. The zero-order valence-corrected chi connectivity index (χ0v) is 14.8. The lowest BCUT2D eigenvalue weighted by Gasteiger charge is -2.37. The molecule has 0 bridgehead atoms. The van der Waals surface area contributed by atoms with E-state index >= 15 is 0 Å². The number of benzene rings is 1. The maximum absolute atomic E-state index is 12.7. The van der Waals surface area contributed by atoms with E-state index in [0.29, 0.717) is 19.6 Å². The first kappa shape index (κ1) is 18.7. The molecule has 2 heterocycles. The van der Waals surface area contributed by atoms with Crippen LogP contribution in [0.15, 0.2) is 24.3 Å². The van der Waals surface area contributed by atoms with E-state index in [2.05, 4.69) is 27.7 Å². The second-order valence-electron chi connectivity index (χ2n) is 6.18. The third-order valence-corrected chi connectivity index (χ3v) is 4.71. The second-order valence-corrected chi connectivity index (χ2v) is 6.18. The number of piperazine rings is 1. The van der Waals surface area contributed by atoms with Crippen molar-refractivity contribution in [1.29, 1.82) is 0 Å². The van der Waals surface area contributed by atoms with Gasteiger partial charge in [0, 0.05) is 39.8 Å². The fourth-order valence-corrected chi connectivity index (χ4v) is 3.26. The molecule has 132 valence electrons. The molecule has 24 heavy (non-hydrogen) atoms. The minimum atomic E-state index is -0.129. The number of rotatable bonds is 3. The molecule has 1 unspecified atom stereocenters. The van der Waals surface area contributed by atoms with Gasteiger partial charge in [-0.3, -0.25) is 14.5 Å². The molecule has 7 heteroatoms. The molecular formula is C17H25ClN4O2. The first-order chi connectivity index (χ1) is 11.2. The van der Waals surface area contributed by atoms with Crippen molar-refractivity contribution < 1.29 is 9.59 Å². The Morgan fingerprint density at radius 2 is 1.83 bits per heavy atom. The van der Waals surface area contributed by atoms with Crippen LogP contribution in [0.25, 0.3) is 0 Å². The van der Waals surface area contributed by atoms with Crippen LogP contribution in [0, 0.1) is 0 Å². The summed E-state index contributed by atoms with van der Waals surface area (Å²) in [4.78, 5) is 28.1. The Bertz CT molecular complexity index is 588. The molecule has 0 saturated carbocycles. The zero-order valence-electron chi connectivity index (χ0n) is 14.0. The number of carbonyl (C=O) groups excluding carboxylic acids is 2. The molecule has 3 rings (SSSR count). The summed E-state index contributed by atoms with van der Waals surface area (Å²) in [5.74, 6) is 0.203. The van der Waals surface area contributed by atoms with Crippen LogP contribution in [-0.4, -0.2) is 67.4 Å². The van der Waals surface area contributed by atoms with E-state index in [1.165, 1.54) is 11.1 Å². The Balaban J connectivity index is 0.00000208. The van der Waals surface area contributed by atoms with Crippen molar-refractivity contribution >= 4 is 24.2 Å². The molecule has 0 aromatic heterocycles. The van der Waals surface area contributed by atoms with Crippen molar-refractivity contribution in [2.45, 2.75) is 19.0 Å². The van der Waals surface area contributed by atoms with E-state index in [1.54, 1.807) is 7.05 Å². The molecule has 0 spiro atoms. The molecule has 2 N–H and O–H groups in total. The van der Waals surface area contributed by atoms with Gasteiger partial charge in [-0.2, -0.15) is 0 Å². The smallest absolute Gasteiger partial charge is 0.240 e. The number of nitrogens with one attached hydrogen (secondary N) is 2. The lowest BCUT2D eigenvalue weighted by Crippen LogP contribution is -2.56. The predicted octanol–water partition coefficient (Wildman–Crippen LogP) is 0.0129. The third-order valence-electron chi connectivity index (χ3n) is 4.71. The molecule has 2 amide bonds. The summed E-state index contributed by atoms with van der Waals surface area (Å²) in [6.45, 7) is 4.05. The van der Waals surface area contributed by atoms with Gasteiger partial charge in [-0.25, -0.2) is 0 Å². The number of carbonyl (C=O) groups is 2. The Morgan fingerprint density at radius 3 is 2.50 bits per heavy atom. The molecular weight excluding hydrogens is 328 g/mol. The van der Waals surface area contributed by atoms with Crippen LogP contribution < -0.4 is 10.6 Å². The molecule has 1 saturated heterocycles. The molecule has 6 nitrogen and oxygen atoms in total. The highest BCUT2D eigenvalue weighted by Gasteiger charge is 2.30. The minimum Gasteiger partial charge on any atom is -0.358 e. The standard InChI is InChI=1S/C17H24N4O2.ClH/c1-18-16(22)12-20-6-8-21(9-7-20)17(23)15-10-13-4-2-3-5-14(13)11-19-15;/h2-5,15,19H,6-12H2,1H3,(H,18,22);1H. The third kappa shape index (κ3) is 4.26. The van der Waals surface area contributed by atoms with E-state index in [4.69, 9.17) is 0 Å². The van der Waals surface area contributed by atoms with Gasteiger partial charge in [0.05, 0.1) is 12.6 Å². The fourth-order valence-electron chi connectivity index (χ4n) is 3.26. The van der Waals surface area contributed by atoms with Crippen LogP contribution in [0.3, 0.4) is 0 Å². The predicted molar refractivity (Wildman–Crippen MR) is 95.1 cm³/mol. The Kier molecular flexibility index (Phi) is 6.60. The van der Waals surface area contributed by atoms with Gasteiger partial charge < -0.3 is 15.5 Å². The van der Waals surface area contributed by atoms with Crippen LogP contribution in [-0.2, 0) is 22.6 Å². The van der Waals surface area contributed by atoms with E-state index in [9.17, 15) is 9.59 Å². The summed E-state index contributed by atoms with van der Waals surface area (Å²) in [6, 6.07) is 8.16. The van der Waals surface area contributed by atoms with Gasteiger partial charge in [0.25, 0.3) is 0 Å². The highest BCUT2D eigenvalue weighted by Crippen LogP contribution is 2.18. The molecule has 2 aliphatic heterocycles. The summed E-state index contributed by atoms with van der Waals surface area (Å²) in [5, 5.41) is 5.99. The summed E-state index contributed by atoms with van der Waals surface area (Å²) < 4.78 is 0. The Labute approximate surface area is 149 Å². The zero-order chi connectivity index (χ0) is 16.2. The quantitative estimate of drug-likeness (QED) is 0.804.